The van der Waals surface area contributed by atoms with Crippen molar-refractivity contribution in [3.05, 3.63) is 46.5 Å². The summed E-state index contributed by atoms with van der Waals surface area (Å²) in [6.45, 7) is 0. The summed E-state index contributed by atoms with van der Waals surface area (Å²) in [5.74, 6) is 0.735. The molecular formula is C15H18N4. The zero-order valence-electron chi connectivity index (χ0n) is 10.8. The molecule has 0 radical (unpaired) electrons. The number of hydrogen-bond acceptors (Lipinski definition) is 4. The molecule has 0 unspecified atom stereocenters. The quantitative estimate of drug-likeness (QED) is 0.763. The van der Waals surface area contributed by atoms with Crippen LogP contribution in [0.25, 0.3) is 0 Å². The smallest absolute Gasteiger partial charge is 0.149 e. The second-order valence-corrected chi connectivity index (χ2v) is 5.14. The van der Waals surface area contributed by atoms with Crippen molar-refractivity contribution in [3.8, 4) is 0 Å². The Balaban J connectivity index is 1.93. The van der Waals surface area contributed by atoms with Crippen LogP contribution in [0.4, 0.5) is 17.3 Å². The predicted octanol–water partition coefficient (Wildman–Crippen LogP) is 1.91. The largest absolute Gasteiger partial charge is 0.396 e. The van der Waals surface area contributed by atoms with Gasteiger partial charge in [0.1, 0.15) is 11.6 Å². The van der Waals surface area contributed by atoms with Gasteiger partial charge in [-0.1, -0.05) is 18.2 Å². The first kappa shape index (κ1) is 11.8. The Morgan fingerprint density at radius 1 is 1.00 bits per heavy atom. The van der Waals surface area contributed by atoms with Gasteiger partial charge in [0.05, 0.1) is 5.69 Å². The van der Waals surface area contributed by atoms with Crippen LogP contribution in [0.5, 0.6) is 0 Å². The average molecular weight is 254 g/mol. The van der Waals surface area contributed by atoms with Gasteiger partial charge in [0.2, 0.25) is 0 Å². The molecule has 0 saturated carbocycles. The summed E-state index contributed by atoms with van der Waals surface area (Å²) in [5.41, 5.74) is 23.1. The van der Waals surface area contributed by atoms with E-state index < -0.39 is 0 Å². The van der Waals surface area contributed by atoms with E-state index in [2.05, 4.69) is 23.2 Å². The van der Waals surface area contributed by atoms with Crippen LogP contribution in [0.3, 0.4) is 0 Å². The molecule has 4 nitrogen and oxygen atoms in total. The molecule has 1 heterocycles. The fraction of sp³-hybridized carbons (Fsp3) is 0.267. The standard InChI is InChI=1S/C15H18N4/c16-13-8-12(14(17)15(18)19-13)7-9-4-5-10-2-1-3-11(10)6-9/h4-6,8H,1-3,7,17H2,(H4,16,18,19). The molecule has 0 bridgehead atoms. The van der Waals surface area contributed by atoms with Crippen molar-refractivity contribution in [3.63, 3.8) is 0 Å². The van der Waals surface area contributed by atoms with E-state index in [1.165, 1.54) is 36.0 Å². The van der Waals surface area contributed by atoms with E-state index in [0.29, 0.717) is 17.3 Å². The summed E-state index contributed by atoms with van der Waals surface area (Å²) in [7, 11) is 0. The molecule has 3 rings (SSSR count). The Kier molecular flexibility index (Phi) is 2.78. The summed E-state index contributed by atoms with van der Waals surface area (Å²) < 4.78 is 0. The third-order valence-corrected chi connectivity index (χ3v) is 3.75. The highest BCUT2D eigenvalue weighted by atomic mass is 14.9. The monoisotopic (exact) mass is 254 g/mol. The van der Waals surface area contributed by atoms with Crippen LogP contribution in [0, 0.1) is 0 Å². The first-order chi connectivity index (χ1) is 9.13. The molecule has 0 spiro atoms. The molecular weight excluding hydrogens is 236 g/mol. The summed E-state index contributed by atoms with van der Waals surface area (Å²) in [6.07, 6.45) is 4.39. The summed E-state index contributed by atoms with van der Waals surface area (Å²) in [6, 6.07) is 8.46. The van der Waals surface area contributed by atoms with Gasteiger partial charge in [0.15, 0.2) is 0 Å². The fourth-order valence-corrected chi connectivity index (χ4v) is 2.75. The molecule has 0 aliphatic heterocycles. The zero-order chi connectivity index (χ0) is 13.4. The lowest BCUT2D eigenvalue weighted by atomic mass is 10.00. The van der Waals surface area contributed by atoms with Gasteiger partial charge in [0, 0.05) is 0 Å². The molecule has 1 aromatic heterocycles. The zero-order valence-corrected chi connectivity index (χ0v) is 10.8. The number of hydrogen-bond donors (Lipinski definition) is 3. The molecule has 1 aliphatic carbocycles. The van der Waals surface area contributed by atoms with Crippen LogP contribution in [-0.2, 0) is 19.3 Å². The van der Waals surface area contributed by atoms with Crippen LogP contribution < -0.4 is 17.2 Å². The first-order valence-corrected chi connectivity index (χ1v) is 6.54. The number of nitrogens with two attached hydrogens (primary N) is 3. The third kappa shape index (κ3) is 2.21. The number of anilines is 3. The molecule has 98 valence electrons. The maximum absolute atomic E-state index is 5.97. The van der Waals surface area contributed by atoms with Crippen LogP contribution in [0.1, 0.15) is 28.7 Å². The van der Waals surface area contributed by atoms with Crippen molar-refractivity contribution in [1.82, 2.24) is 4.98 Å². The molecule has 0 atom stereocenters. The average Bonchev–Trinajstić information content (AvgIpc) is 2.82. The van der Waals surface area contributed by atoms with E-state index in [9.17, 15) is 0 Å². The minimum Gasteiger partial charge on any atom is -0.396 e. The van der Waals surface area contributed by atoms with E-state index >= 15 is 0 Å². The van der Waals surface area contributed by atoms with Gasteiger partial charge < -0.3 is 17.2 Å². The first-order valence-electron chi connectivity index (χ1n) is 6.54. The second-order valence-electron chi connectivity index (χ2n) is 5.14. The number of rotatable bonds is 2. The summed E-state index contributed by atoms with van der Waals surface area (Å²) >= 11 is 0. The Bertz CT molecular complexity index is 634. The van der Waals surface area contributed by atoms with Crippen LogP contribution >= 0.6 is 0 Å². The molecule has 2 aromatic rings. The maximum Gasteiger partial charge on any atom is 0.149 e. The molecule has 0 saturated heterocycles. The lowest BCUT2D eigenvalue weighted by Gasteiger charge is -2.10. The highest BCUT2D eigenvalue weighted by Crippen LogP contribution is 2.27. The SMILES string of the molecule is Nc1cc(Cc2ccc3c(c2)CCC3)c(N)c(N)n1. The van der Waals surface area contributed by atoms with E-state index in [4.69, 9.17) is 17.2 Å². The molecule has 1 aromatic carbocycles. The van der Waals surface area contributed by atoms with Crippen molar-refractivity contribution in [2.45, 2.75) is 25.7 Å². The molecule has 4 heteroatoms. The van der Waals surface area contributed by atoms with E-state index in [0.717, 1.165) is 12.0 Å². The summed E-state index contributed by atoms with van der Waals surface area (Å²) in [5, 5.41) is 0. The molecule has 0 fully saturated rings. The third-order valence-electron chi connectivity index (χ3n) is 3.75. The van der Waals surface area contributed by atoms with E-state index in [1.807, 2.05) is 0 Å². The number of pyridine rings is 1. The Morgan fingerprint density at radius 2 is 1.79 bits per heavy atom. The highest BCUT2D eigenvalue weighted by Gasteiger charge is 2.12. The van der Waals surface area contributed by atoms with Crippen LogP contribution in [0.15, 0.2) is 24.3 Å². The van der Waals surface area contributed by atoms with E-state index in [-0.39, 0.29) is 0 Å². The highest BCUT2D eigenvalue weighted by molar-refractivity contribution is 5.67. The van der Waals surface area contributed by atoms with Gasteiger partial charge in [-0.15, -0.1) is 0 Å². The van der Waals surface area contributed by atoms with Gasteiger partial charge in [-0.2, -0.15) is 0 Å². The fourth-order valence-electron chi connectivity index (χ4n) is 2.75. The van der Waals surface area contributed by atoms with Gasteiger partial charge in [-0.25, -0.2) is 4.98 Å². The number of benzene rings is 1. The summed E-state index contributed by atoms with van der Waals surface area (Å²) in [4.78, 5) is 3.96. The maximum atomic E-state index is 5.97. The number of nitrogen functional groups attached to an aromatic ring is 3. The Hall–Kier alpha value is -2.23. The van der Waals surface area contributed by atoms with Crippen molar-refractivity contribution in [2.75, 3.05) is 17.2 Å². The van der Waals surface area contributed by atoms with Gasteiger partial charge in [0.25, 0.3) is 0 Å². The van der Waals surface area contributed by atoms with Gasteiger partial charge in [-0.05, 0) is 54.0 Å². The minimum absolute atomic E-state index is 0.316. The molecule has 0 amide bonds. The minimum atomic E-state index is 0.316. The second kappa shape index (κ2) is 4.46. The number of aryl methyl sites for hydroxylation is 2. The molecule has 19 heavy (non-hydrogen) atoms. The van der Waals surface area contributed by atoms with Crippen molar-refractivity contribution in [2.24, 2.45) is 0 Å². The Labute approximate surface area is 112 Å². The molecule has 1 aliphatic rings. The topological polar surface area (TPSA) is 91.0 Å². The molecule has 6 N–H and O–H groups in total. The lowest BCUT2D eigenvalue weighted by Crippen LogP contribution is -2.06. The van der Waals surface area contributed by atoms with Crippen molar-refractivity contribution >= 4 is 17.3 Å². The lowest BCUT2D eigenvalue weighted by molar-refractivity contribution is 0.911. The Morgan fingerprint density at radius 3 is 2.63 bits per heavy atom. The van der Waals surface area contributed by atoms with Gasteiger partial charge in [-0.3, -0.25) is 0 Å². The van der Waals surface area contributed by atoms with Crippen LogP contribution in [0.2, 0.25) is 0 Å². The number of fused-ring (bicyclic) bond motifs is 1. The number of aromatic nitrogens is 1. The predicted molar refractivity (Wildman–Crippen MR) is 78.7 cm³/mol. The van der Waals surface area contributed by atoms with E-state index in [1.54, 1.807) is 6.07 Å². The normalized spacial score (nSPS) is 13.5. The van der Waals surface area contributed by atoms with Gasteiger partial charge >= 0.3 is 0 Å². The number of nitrogens with zero attached hydrogens (tertiary/aromatic N) is 1. The van der Waals surface area contributed by atoms with Crippen LogP contribution in [-0.4, -0.2) is 4.98 Å². The van der Waals surface area contributed by atoms with Crippen molar-refractivity contribution in [1.29, 1.82) is 0 Å². The van der Waals surface area contributed by atoms with Crippen molar-refractivity contribution < 1.29 is 0 Å².